The smallest absolute Gasteiger partial charge is 0.376 e. The molecular formula is C15H13NO4S. The predicted molar refractivity (Wildman–Crippen MR) is 81.2 cm³/mol. The topological polar surface area (TPSA) is 101 Å². The van der Waals surface area contributed by atoms with E-state index in [0.717, 1.165) is 16.5 Å². The van der Waals surface area contributed by atoms with Crippen molar-refractivity contribution < 1.29 is 19.8 Å². The molecule has 1 aromatic heterocycles. The number of nitrogens with two attached hydrogens (primary N) is 1. The summed E-state index contributed by atoms with van der Waals surface area (Å²) < 4.78 is 0. The number of carbonyl (C=O) groups is 2. The maximum atomic E-state index is 11.1. The van der Waals surface area contributed by atoms with Gasteiger partial charge in [-0.25, -0.2) is 4.79 Å². The number of rotatable bonds is 5. The second kappa shape index (κ2) is 6.23. The van der Waals surface area contributed by atoms with Crippen molar-refractivity contribution in [2.45, 2.75) is 6.42 Å². The summed E-state index contributed by atoms with van der Waals surface area (Å²) in [6, 6.07) is 8.97. The van der Waals surface area contributed by atoms with Crippen LogP contribution in [0.5, 0.6) is 0 Å². The molecule has 2 rings (SSSR count). The van der Waals surface area contributed by atoms with Crippen LogP contribution in [0, 0.1) is 0 Å². The van der Waals surface area contributed by atoms with Crippen LogP contribution < -0.4 is 5.73 Å². The number of hydrogen-bond donors (Lipinski definition) is 3. The third-order valence-electron chi connectivity index (χ3n) is 2.84. The molecule has 5 nitrogen and oxygen atoms in total. The monoisotopic (exact) mass is 303 g/mol. The standard InChI is InChI=1S/C15H13NO4S/c16-10-3-1-9(2-4-10)7-14-11(5-6-21-14)12(17)8-13(18)15(19)20/h1-6,8,17H,7,16H2,(H,19,20). The second-order valence-corrected chi connectivity index (χ2v) is 5.38. The zero-order valence-corrected chi connectivity index (χ0v) is 11.8. The Morgan fingerprint density at radius 2 is 1.81 bits per heavy atom. The SMILES string of the molecule is Nc1ccc(Cc2sccc2C(O)=CC(=O)C(=O)O)cc1. The molecule has 0 fully saturated rings. The number of ketones is 1. The molecule has 21 heavy (non-hydrogen) atoms. The van der Waals surface area contributed by atoms with Crippen LogP contribution in [0.25, 0.3) is 5.76 Å². The van der Waals surface area contributed by atoms with Gasteiger partial charge in [0.05, 0.1) is 0 Å². The van der Waals surface area contributed by atoms with Gasteiger partial charge in [-0.15, -0.1) is 11.3 Å². The largest absolute Gasteiger partial charge is 0.507 e. The first kappa shape index (κ1) is 14.8. The highest BCUT2D eigenvalue weighted by atomic mass is 32.1. The van der Waals surface area contributed by atoms with Crippen molar-refractivity contribution in [3.63, 3.8) is 0 Å². The fourth-order valence-electron chi connectivity index (χ4n) is 1.79. The van der Waals surface area contributed by atoms with Crippen LogP contribution in [0.15, 0.2) is 41.8 Å². The van der Waals surface area contributed by atoms with E-state index in [1.54, 1.807) is 23.6 Å². The van der Waals surface area contributed by atoms with Gasteiger partial charge < -0.3 is 15.9 Å². The fourth-order valence-corrected chi connectivity index (χ4v) is 2.71. The lowest BCUT2D eigenvalue weighted by atomic mass is 10.1. The Labute approximate surface area is 125 Å². The van der Waals surface area contributed by atoms with Crippen LogP contribution in [0.1, 0.15) is 16.0 Å². The number of nitrogen functional groups attached to an aromatic ring is 1. The molecule has 1 heterocycles. The zero-order chi connectivity index (χ0) is 15.4. The van der Waals surface area contributed by atoms with E-state index in [1.165, 1.54) is 11.3 Å². The Hall–Kier alpha value is -2.60. The first-order valence-corrected chi connectivity index (χ1v) is 6.94. The number of aliphatic carboxylic acids is 1. The van der Waals surface area contributed by atoms with Crippen molar-refractivity contribution in [2.24, 2.45) is 0 Å². The van der Waals surface area contributed by atoms with E-state index in [-0.39, 0.29) is 5.76 Å². The Morgan fingerprint density at radius 3 is 2.43 bits per heavy atom. The molecule has 0 radical (unpaired) electrons. The Kier molecular flexibility index (Phi) is 4.39. The molecule has 0 spiro atoms. The van der Waals surface area contributed by atoms with Crippen LogP contribution in [0.3, 0.4) is 0 Å². The summed E-state index contributed by atoms with van der Waals surface area (Å²) in [7, 11) is 0. The van der Waals surface area contributed by atoms with E-state index in [2.05, 4.69) is 0 Å². The number of carboxylic acid groups (broad SMARTS) is 1. The highest BCUT2D eigenvalue weighted by Gasteiger charge is 2.14. The summed E-state index contributed by atoms with van der Waals surface area (Å²) in [6.45, 7) is 0. The van der Waals surface area contributed by atoms with Gasteiger partial charge in [0.2, 0.25) is 0 Å². The minimum atomic E-state index is -1.60. The third kappa shape index (κ3) is 3.70. The minimum Gasteiger partial charge on any atom is -0.507 e. The number of benzene rings is 1. The number of aliphatic hydroxyl groups excluding tert-OH is 1. The zero-order valence-electron chi connectivity index (χ0n) is 10.9. The lowest BCUT2D eigenvalue weighted by molar-refractivity contribution is -0.146. The quantitative estimate of drug-likeness (QED) is 0.341. The fraction of sp³-hybridized carbons (Fsp3) is 0.0667. The van der Waals surface area contributed by atoms with Gasteiger partial charge in [-0.1, -0.05) is 12.1 Å². The molecule has 0 bridgehead atoms. The number of thiophene rings is 1. The number of anilines is 1. The van der Waals surface area contributed by atoms with Crippen LogP contribution in [-0.2, 0) is 16.0 Å². The van der Waals surface area contributed by atoms with Gasteiger partial charge in [0, 0.05) is 28.6 Å². The average molecular weight is 303 g/mol. The normalized spacial score (nSPS) is 11.3. The molecule has 0 saturated carbocycles. The number of hydrogen-bond acceptors (Lipinski definition) is 5. The first-order chi connectivity index (χ1) is 9.97. The molecule has 6 heteroatoms. The molecule has 2 aromatic rings. The molecule has 0 aliphatic rings. The number of carbonyl (C=O) groups excluding carboxylic acids is 1. The summed E-state index contributed by atoms with van der Waals surface area (Å²) >= 11 is 1.42. The lowest BCUT2D eigenvalue weighted by Crippen LogP contribution is -2.09. The second-order valence-electron chi connectivity index (χ2n) is 4.37. The Balaban J connectivity index is 2.24. The Bertz CT molecular complexity index is 701. The summed E-state index contributed by atoms with van der Waals surface area (Å²) in [4.78, 5) is 22.4. The van der Waals surface area contributed by atoms with Gasteiger partial charge in [-0.05, 0) is 29.1 Å². The third-order valence-corrected chi connectivity index (χ3v) is 3.77. The molecule has 0 unspecified atom stereocenters. The van der Waals surface area contributed by atoms with Gasteiger partial charge in [-0.3, -0.25) is 4.79 Å². The maximum Gasteiger partial charge on any atom is 0.376 e. The Morgan fingerprint density at radius 1 is 1.14 bits per heavy atom. The van der Waals surface area contributed by atoms with Crippen molar-refractivity contribution in [2.75, 3.05) is 5.73 Å². The van der Waals surface area contributed by atoms with E-state index in [0.29, 0.717) is 17.7 Å². The van der Waals surface area contributed by atoms with Gasteiger partial charge in [-0.2, -0.15) is 0 Å². The number of aliphatic hydroxyl groups is 1. The van der Waals surface area contributed by atoms with E-state index < -0.39 is 11.8 Å². The minimum absolute atomic E-state index is 0.339. The highest BCUT2D eigenvalue weighted by Crippen LogP contribution is 2.26. The molecule has 108 valence electrons. The molecule has 0 aliphatic carbocycles. The van der Waals surface area contributed by atoms with Crippen LogP contribution in [0.2, 0.25) is 0 Å². The maximum absolute atomic E-state index is 11.1. The van der Waals surface area contributed by atoms with Gasteiger partial charge in [0.1, 0.15) is 5.76 Å². The summed E-state index contributed by atoms with van der Waals surface area (Å²) in [5.74, 6) is -3.09. The van der Waals surface area contributed by atoms with Crippen molar-refractivity contribution in [1.29, 1.82) is 0 Å². The first-order valence-electron chi connectivity index (χ1n) is 6.06. The van der Waals surface area contributed by atoms with Crippen LogP contribution >= 0.6 is 11.3 Å². The summed E-state index contributed by atoms with van der Waals surface area (Å²) in [5.41, 5.74) is 7.76. The van der Waals surface area contributed by atoms with E-state index >= 15 is 0 Å². The molecule has 0 atom stereocenters. The number of carboxylic acids is 1. The van der Waals surface area contributed by atoms with Crippen molar-refractivity contribution in [1.82, 2.24) is 0 Å². The van der Waals surface area contributed by atoms with E-state index in [1.807, 2.05) is 12.1 Å². The van der Waals surface area contributed by atoms with E-state index in [4.69, 9.17) is 10.8 Å². The van der Waals surface area contributed by atoms with Crippen LogP contribution in [0.4, 0.5) is 5.69 Å². The average Bonchev–Trinajstić information content (AvgIpc) is 2.89. The van der Waals surface area contributed by atoms with Crippen LogP contribution in [-0.4, -0.2) is 22.0 Å². The molecule has 0 aliphatic heterocycles. The molecule has 1 aromatic carbocycles. The molecule has 0 saturated heterocycles. The molecule has 4 N–H and O–H groups in total. The lowest BCUT2D eigenvalue weighted by Gasteiger charge is -2.04. The van der Waals surface area contributed by atoms with Crippen molar-refractivity contribution in [3.05, 3.63) is 57.8 Å². The summed E-state index contributed by atoms with van der Waals surface area (Å²) in [5, 5.41) is 20.2. The van der Waals surface area contributed by atoms with Crippen molar-refractivity contribution >= 4 is 34.5 Å². The van der Waals surface area contributed by atoms with Gasteiger partial charge in [0.25, 0.3) is 5.78 Å². The molecular weight excluding hydrogens is 290 g/mol. The summed E-state index contributed by atoms with van der Waals surface area (Å²) in [6.07, 6.45) is 1.28. The highest BCUT2D eigenvalue weighted by molar-refractivity contribution is 7.10. The van der Waals surface area contributed by atoms with Gasteiger partial charge in [0.15, 0.2) is 0 Å². The molecule has 0 amide bonds. The van der Waals surface area contributed by atoms with E-state index in [9.17, 15) is 14.7 Å². The predicted octanol–water partition coefficient (Wildman–Crippen LogP) is 2.47. The van der Waals surface area contributed by atoms with Gasteiger partial charge >= 0.3 is 5.97 Å². The van der Waals surface area contributed by atoms with Crippen molar-refractivity contribution in [3.8, 4) is 0 Å².